The van der Waals surface area contributed by atoms with Crippen LogP contribution in [0.2, 0.25) is 5.15 Å². The summed E-state index contributed by atoms with van der Waals surface area (Å²) in [6, 6.07) is 12.3. The topological polar surface area (TPSA) is 81.0 Å². The highest BCUT2D eigenvalue weighted by Crippen LogP contribution is 2.28. The van der Waals surface area contributed by atoms with Gasteiger partial charge in [0.05, 0.1) is 16.5 Å². The van der Waals surface area contributed by atoms with Crippen molar-refractivity contribution in [3.63, 3.8) is 0 Å². The minimum Gasteiger partial charge on any atom is -0.358 e. The van der Waals surface area contributed by atoms with Gasteiger partial charge < -0.3 is 5.32 Å². The van der Waals surface area contributed by atoms with Crippen molar-refractivity contribution >= 4 is 34.0 Å². The van der Waals surface area contributed by atoms with E-state index in [1.54, 1.807) is 6.20 Å². The molecule has 0 aliphatic rings. The van der Waals surface area contributed by atoms with Crippen LogP contribution < -0.4 is 5.32 Å². The molecule has 0 aliphatic heterocycles. The van der Waals surface area contributed by atoms with Crippen LogP contribution in [0.3, 0.4) is 0 Å². The Morgan fingerprint density at radius 3 is 2.87 bits per heavy atom. The van der Waals surface area contributed by atoms with Crippen LogP contribution in [0.1, 0.15) is 18.5 Å². The van der Waals surface area contributed by atoms with Crippen molar-refractivity contribution in [3.05, 3.63) is 69.5 Å². The number of benzene rings is 1. The first-order chi connectivity index (χ1) is 11.0. The highest BCUT2D eigenvalue weighted by molar-refractivity contribution is 6.29. The Kier molecular flexibility index (Phi) is 4.08. The largest absolute Gasteiger partial charge is 0.358 e. The van der Waals surface area contributed by atoms with Crippen molar-refractivity contribution < 1.29 is 4.92 Å². The van der Waals surface area contributed by atoms with Gasteiger partial charge in [-0.1, -0.05) is 23.7 Å². The monoisotopic (exact) mass is 328 g/mol. The summed E-state index contributed by atoms with van der Waals surface area (Å²) in [5.74, 6) is 0.154. The summed E-state index contributed by atoms with van der Waals surface area (Å²) in [5.41, 5.74) is 1.76. The van der Waals surface area contributed by atoms with Gasteiger partial charge in [0.1, 0.15) is 5.15 Å². The second-order valence-corrected chi connectivity index (χ2v) is 5.47. The summed E-state index contributed by atoms with van der Waals surface area (Å²) in [5, 5.41) is 15.4. The number of nitrogens with zero attached hydrogens (tertiary/aromatic N) is 3. The number of halogens is 1. The summed E-state index contributed by atoms with van der Waals surface area (Å²) in [4.78, 5) is 18.9. The van der Waals surface area contributed by atoms with Gasteiger partial charge in [-0.2, -0.15) is 0 Å². The number of pyridine rings is 2. The van der Waals surface area contributed by atoms with E-state index >= 15 is 0 Å². The van der Waals surface area contributed by atoms with Crippen LogP contribution in [0.25, 0.3) is 10.9 Å². The molecule has 0 bridgehead atoms. The lowest BCUT2D eigenvalue weighted by atomic mass is 10.1. The molecule has 0 fully saturated rings. The molecular formula is C16H13ClN4O2. The summed E-state index contributed by atoms with van der Waals surface area (Å²) >= 11 is 5.85. The number of hydrogen-bond acceptors (Lipinski definition) is 5. The van der Waals surface area contributed by atoms with Gasteiger partial charge in [-0.25, -0.2) is 4.98 Å². The fourth-order valence-electron chi connectivity index (χ4n) is 2.33. The standard InChI is InChI=1S/C16H13ClN4O2/c1-10(11-4-5-13-12(9-11)3-2-8-18-13)19-16-14(21(22)23)6-7-15(17)20-16/h2-10H,1H3,(H,19,20). The number of rotatable bonds is 4. The molecule has 7 heteroatoms. The Bertz CT molecular complexity index is 885. The van der Waals surface area contributed by atoms with Gasteiger partial charge in [0.2, 0.25) is 5.82 Å². The van der Waals surface area contributed by atoms with Gasteiger partial charge in [0.25, 0.3) is 0 Å². The third kappa shape index (κ3) is 3.22. The fourth-order valence-corrected chi connectivity index (χ4v) is 2.48. The lowest BCUT2D eigenvalue weighted by Crippen LogP contribution is -2.10. The molecule has 0 radical (unpaired) electrons. The Morgan fingerprint density at radius 1 is 1.26 bits per heavy atom. The molecule has 2 heterocycles. The average Bonchev–Trinajstić information content (AvgIpc) is 2.54. The van der Waals surface area contributed by atoms with Gasteiger partial charge in [-0.3, -0.25) is 15.1 Å². The third-order valence-electron chi connectivity index (χ3n) is 3.52. The summed E-state index contributed by atoms with van der Waals surface area (Å²) in [7, 11) is 0. The molecule has 1 atom stereocenters. The Hall–Kier alpha value is -2.73. The number of aromatic nitrogens is 2. The van der Waals surface area contributed by atoms with Gasteiger partial charge in [-0.15, -0.1) is 0 Å². The zero-order valence-electron chi connectivity index (χ0n) is 12.2. The maximum atomic E-state index is 11.1. The highest BCUT2D eigenvalue weighted by Gasteiger charge is 2.18. The smallest absolute Gasteiger partial charge is 0.311 e. The van der Waals surface area contributed by atoms with E-state index in [2.05, 4.69) is 15.3 Å². The van der Waals surface area contributed by atoms with E-state index in [0.717, 1.165) is 16.5 Å². The molecule has 116 valence electrons. The molecule has 2 aromatic heterocycles. The van der Waals surface area contributed by atoms with Crippen LogP contribution in [0, 0.1) is 10.1 Å². The summed E-state index contributed by atoms with van der Waals surface area (Å²) in [6.07, 6.45) is 1.74. The maximum Gasteiger partial charge on any atom is 0.311 e. The number of nitrogens with one attached hydrogen (secondary N) is 1. The minimum atomic E-state index is -0.483. The van der Waals surface area contributed by atoms with Crippen LogP contribution in [0.5, 0.6) is 0 Å². The van der Waals surface area contributed by atoms with Crippen LogP contribution in [-0.2, 0) is 0 Å². The molecular weight excluding hydrogens is 316 g/mol. The van der Waals surface area contributed by atoms with Gasteiger partial charge in [0.15, 0.2) is 0 Å². The Balaban J connectivity index is 1.92. The number of nitro groups is 1. The first-order valence-electron chi connectivity index (χ1n) is 6.97. The minimum absolute atomic E-state index is 0.108. The molecule has 1 unspecified atom stereocenters. The number of hydrogen-bond donors (Lipinski definition) is 1. The predicted octanol–water partition coefficient (Wildman–Crippen LogP) is 4.36. The molecule has 0 spiro atoms. The normalized spacial score (nSPS) is 12.1. The molecule has 1 N–H and O–H groups in total. The van der Waals surface area contributed by atoms with Crippen molar-refractivity contribution in [2.75, 3.05) is 5.32 Å². The second-order valence-electron chi connectivity index (χ2n) is 5.08. The van der Waals surface area contributed by atoms with E-state index < -0.39 is 4.92 Å². The molecule has 23 heavy (non-hydrogen) atoms. The first kappa shape index (κ1) is 15.2. The van der Waals surface area contributed by atoms with E-state index in [4.69, 9.17) is 11.6 Å². The molecule has 6 nitrogen and oxygen atoms in total. The molecule has 0 amide bonds. The lowest BCUT2D eigenvalue weighted by molar-refractivity contribution is -0.384. The van der Waals surface area contributed by atoms with Crippen LogP contribution in [-0.4, -0.2) is 14.9 Å². The summed E-state index contributed by atoms with van der Waals surface area (Å²) < 4.78 is 0. The predicted molar refractivity (Wildman–Crippen MR) is 89.7 cm³/mol. The lowest BCUT2D eigenvalue weighted by Gasteiger charge is -2.15. The Labute approximate surface area is 137 Å². The van der Waals surface area contributed by atoms with Crippen molar-refractivity contribution in [2.45, 2.75) is 13.0 Å². The van der Waals surface area contributed by atoms with Gasteiger partial charge >= 0.3 is 5.69 Å². The molecule has 1 aromatic carbocycles. The fraction of sp³-hybridized carbons (Fsp3) is 0.125. The van der Waals surface area contributed by atoms with Crippen LogP contribution >= 0.6 is 11.6 Å². The van der Waals surface area contributed by atoms with Gasteiger partial charge in [0, 0.05) is 17.6 Å². The third-order valence-corrected chi connectivity index (χ3v) is 3.73. The van der Waals surface area contributed by atoms with Crippen molar-refractivity contribution in [2.24, 2.45) is 0 Å². The Morgan fingerprint density at radius 2 is 2.09 bits per heavy atom. The van der Waals surface area contributed by atoms with E-state index in [-0.39, 0.29) is 22.7 Å². The maximum absolute atomic E-state index is 11.1. The molecule has 3 aromatic rings. The molecule has 0 aliphatic carbocycles. The van der Waals surface area contributed by atoms with E-state index in [0.29, 0.717) is 0 Å². The average molecular weight is 329 g/mol. The van der Waals surface area contributed by atoms with E-state index in [1.165, 1.54) is 12.1 Å². The zero-order chi connectivity index (χ0) is 16.4. The van der Waals surface area contributed by atoms with Crippen molar-refractivity contribution in [3.8, 4) is 0 Å². The van der Waals surface area contributed by atoms with E-state index in [1.807, 2.05) is 37.3 Å². The van der Waals surface area contributed by atoms with Crippen molar-refractivity contribution in [1.82, 2.24) is 9.97 Å². The van der Waals surface area contributed by atoms with Crippen LogP contribution in [0.15, 0.2) is 48.7 Å². The number of anilines is 1. The van der Waals surface area contributed by atoms with Gasteiger partial charge in [-0.05, 0) is 36.8 Å². The summed E-state index contributed by atoms with van der Waals surface area (Å²) in [6.45, 7) is 1.91. The van der Waals surface area contributed by atoms with Crippen LogP contribution in [0.4, 0.5) is 11.5 Å². The second kappa shape index (κ2) is 6.18. The quantitative estimate of drug-likeness (QED) is 0.437. The zero-order valence-corrected chi connectivity index (χ0v) is 13.0. The van der Waals surface area contributed by atoms with E-state index in [9.17, 15) is 10.1 Å². The molecule has 0 saturated carbocycles. The molecule has 0 saturated heterocycles. The highest BCUT2D eigenvalue weighted by atomic mass is 35.5. The molecule has 3 rings (SSSR count). The SMILES string of the molecule is CC(Nc1nc(Cl)ccc1[N+](=O)[O-])c1ccc2ncccc2c1. The first-order valence-corrected chi connectivity index (χ1v) is 7.34. The number of fused-ring (bicyclic) bond motifs is 1. The van der Waals surface area contributed by atoms with Crippen molar-refractivity contribution in [1.29, 1.82) is 0 Å².